The summed E-state index contributed by atoms with van der Waals surface area (Å²) in [6.45, 7) is 0.690. The summed E-state index contributed by atoms with van der Waals surface area (Å²) in [5, 5.41) is 5.94. The molecule has 26 heavy (non-hydrogen) atoms. The number of hydrogen-bond acceptors (Lipinski definition) is 3. The summed E-state index contributed by atoms with van der Waals surface area (Å²) in [5.41, 5.74) is 4.11. The molecule has 0 spiro atoms. The number of aromatic nitrogens is 3. The molecule has 0 fully saturated rings. The average molecular weight is 341 g/mol. The fourth-order valence-electron chi connectivity index (χ4n) is 2.98. The normalized spacial score (nSPS) is 11.3. The van der Waals surface area contributed by atoms with Crippen LogP contribution >= 0.6 is 0 Å². The lowest BCUT2D eigenvalue weighted by Gasteiger charge is -2.06. The first-order valence-corrected chi connectivity index (χ1v) is 8.51. The van der Waals surface area contributed by atoms with Crippen molar-refractivity contribution in [2.24, 2.45) is 0 Å². The molecule has 2 aromatic carbocycles. The van der Waals surface area contributed by atoms with E-state index in [0.717, 1.165) is 33.6 Å². The fourth-order valence-corrected chi connectivity index (χ4v) is 2.98. The summed E-state index contributed by atoms with van der Waals surface area (Å²) in [7, 11) is 1.68. The Labute approximate surface area is 152 Å². The topological polar surface area (TPSA) is 39.9 Å². The van der Waals surface area contributed by atoms with Gasteiger partial charge in [0.05, 0.1) is 30.6 Å². The van der Waals surface area contributed by atoms with Crippen molar-refractivity contribution in [1.82, 2.24) is 14.8 Å². The maximum absolute atomic E-state index is 5.33. The van der Waals surface area contributed by atoms with E-state index in [1.165, 1.54) is 0 Å². The molecule has 4 aromatic rings. The van der Waals surface area contributed by atoms with Crippen molar-refractivity contribution in [3.63, 3.8) is 0 Å². The Morgan fingerprint density at radius 1 is 0.962 bits per heavy atom. The van der Waals surface area contributed by atoms with Crippen LogP contribution in [0.4, 0.5) is 0 Å². The average Bonchev–Trinajstić information content (AvgIpc) is 3.05. The van der Waals surface area contributed by atoms with Crippen LogP contribution in [0.2, 0.25) is 0 Å². The summed E-state index contributed by atoms with van der Waals surface area (Å²) in [4.78, 5) is 4.33. The predicted molar refractivity (Wildman–Crippen MR) is 105 cm³/mol. The fraction of sp³-hybridized carbons (Fsp3) is 0.0909. The van der Waals surface area contributed by atoms with Crippen molar-refractivity contribution in [1.29, 1.82) is 0 Å². The molecule has 4 rings (SSSR count). The van der Waals surface area contributed by atoms with E-state index in [4.69, 9.17) is 9.84 Å². The number of hydrogen-bond donors (Lipinski definition) is 0. The smallest absolute Gasteiger partial charge is 0.119 e. The number of ether oxygens (including phenoxy) is 1. The van der Waals surface area contributed by atoms with Gasteiger partial charge in [0.15, 0.2) is 0 Å². The molecular formula is C22H19N3O. The molecule has 0 radical (unpaired) electrons. The van der Waals surface area contributed by atoms with Crippen molar-refractivity contribution in [2.75, 3.05) is 7.11 Å². The second kappa shape index (κ2) is 7.23. The highest BCUT2D eigenvalue weighted by Gasteiger charge is 2.09. The minimum absolute atomic E-state index is 0.690. The standard InChI is InChI=1S/C22H19N3O/c1-26-19-9-6-7-17(15-19)16-25-22-11-3-2-10-20(22)21(24-25)13-12-18-8-4-5-14-23-18/h2-15H,16H2,1H3. The summed E-state index contributed by atoms with van der Waals surface area (Å²) in [6.07, 6.45) is 5.80. The second-order valence-corrected chi connectivity index (χ2v) is 6.00. The Kier molecular flexibility index (Phi) is 4.48. The van der Waals surface area contributed by atoms with Gasteiger partial charge in [-0.2, -0.15) is 5.10 Å². The molecule has 2 aromatic heterocycles. The maximum Gasteiger partial charge on any atom is 0.119 e. The summed E-state index contributed by atoms with van der Waals surface area (Å²) in [6, 6.07) is 22.2. The number of rotatable bonds is 5. The third kappa shape index (κ3) is 3.35. The van der Waals surface area contributed by atoms with Gasteiger partial charge in [-0.3, -0.25) is 9.67 Å². The Hall–Kier alpha value is -3.40. The van der Waals surface area contributed by atoms with Crippen LogP contribution in [-0.2, 0) is 6.54 Å². The van der Waals surface area contributed by atoms with Crippen LogP contribution < -0.4 is 4.74 Å². The molecule has 4 heteroatoms. The van der Waals surface area contributed by atoms with Crippen LogP contribution in [0.3, 0.4) is 0 Å². The highest BCUT2D eigenvalue weighted by atomic mass is 16.5. The molecule has 0 unspecified atom stereocenters. The van der Waals surface area contributed by atoms with E-state index in [-0.39, 0.29) is 0 Å². The van der Waals surface area contributed by atoms with Crippen molar-refractivity contribution in [3.05, 3.63) is 89.9 Å². The largest absolute Gasteiger partial charge is 0.497 e. The van der Waals surface area contributed by atoms with Gasteiger partial charge < -0.3 is 4.74 Å². The molecule has 0 atom stereocenters. The number of benzene rings is 2. The molecule has 0 aliphatic heterocycles. The first kappa shape index (κ1) is 16.1. The number of fused-ring (bicyclic) bond motifs is 1. The van der Waals surface area contributed by atoms with Gasteiger partial charge in [0.1, 0.15) is 5.75 Å². The molecule has 0 bridgehead atoms. The highest BCUT2D eigenvalue weighted by molar-refractivity contribution is 5.89. The molecule has 0 amide bonds. The van der Waals surface area contributed by atoms with Gasteiger partial charge in [0.25, 0.3) is 0 Å². The zero-order valence-corrected chi connectivity index (χ0v) is 14.5. The van der Waals surface area contributed by atoms with Gasteiger partial charge in [0, 0.05) is 11.6 Å². The lowest BCUT2D eigenvalue weighted by Crippen LogP contribution is -2.02. The Balaban J connectivity index is 1.70. The third-order valence-corrected chi connectivity index (χ3v) is 4.25. The molecule has 0 N–H and O–H groups in total. The maximum atomic E-state index is 5.33. The van der Waals surface area contributed by atoms with Crippen LogP contribution in [0, 0.1) is 0 Å². The number of methoxy groups -OCH3 is 1. The summed E-state index contributed by atoms with van der Waals surface area (Å²) in [5.74, 6) is 0.856. The van der Waals surface area contributed by atoms with E-state index in [2.05, 4.69) is 23.2 Å². The zero-order chi connectivity index (χ0) is 17.8. The Morgan fingerprint density at radius 2 is 1.85 bits per heavy atom. The van der Waals surface area contributed by atoms with Crippen LogP contribution in [-0.4, -0.2) is 21.9 Å². The number of para-hydroxylation sites is 1. The summed E-state index contributed by atoms with van der Waals surface area (Å²) >= 11 is 0. The quantitative estimate of drug-likeness (QED) is 0.530. The molecule has 0 aliphatic carbocycles. The first-order valence-electron chi connectivity index (χ1n) is 8.51. The van der Waals surface area contributed by atoms with Crippen molar-refractivity contribution in [2.45, 2.75) is 6.54 Å². The second-order valence-electron chi connectivity index (χ2n) is 6.00. The predicted octanol–water partition coefficient (Wildman–Crippen LogP) is 4.66. The first-order chi connectivity index (χ1) is 12.8. The molecule has 2 heterocycles. The zero-order valence-electron chi connectivity index (χ0n) is 14.5. The lowest BCUT2D eigenvalue weighted by molar-refractivity contribution is 0.414. The van der Waals surface area contributed by atoms with Gasteiger partial charge in [-0.05, 0) is 48.0 Å². The minimum atomic E-state index is 0.690. The van der Waals surface area contributed by atoms with Crippen molar-refractivity contribution >= 4 is 23.1 Å². The monoisotopic (exact) mass is 341 g/mol. The van der Waals surface area contributed by atoms with E-state index in [9.17, 15) is 0 Å². The van der Waals surface area contributed by atoms with Gasteiger partial charge in [-0.25, -0.2) is 0 Å². The number of pyridine rings is 1. The SMILES string of the molecule is COc1cccc(Cn2nc(C=Cc3ccccn3)c3ccccc32)c1. The van der Waals surface area contributed by atoms with E-state index >= 15 is 0 Å². The lowest BCUT2D eigenvalue weighted by atomic mass is 10.2. The summed E-state index contributed by atoms with van der Waals surface area (Å²) < 4.78 is 7.35. The van der Waals surface area contributed by atoms with Crippen LogP contribution in [0.15, 0.2) is 72.9 Å². The third-order valence-electron chi connectivity index (χ3n) is 4.25. The van der Waals surface area contributed by atoms with E-state index < -0.39 is 0 Å². The molecule has 0 saturated carbocycles. The van der Waals surface area contributed by atoms with Crippen molar-refractivity contribution < 1.29 is 4.74 Å². The molecule has 0 aliphatic rings. The minimum Gasteiger partial charge on any atom is -0.497 e. The molecule has 4 nitrogen and oxygen atoms in total. The van der Waals surface area contributed by atoms with Gasteiger partial charge in [-0.15, -0.1) is 0 Å². The van der Waals surface area contributed by atoms with E-state index in [1.54, 1.807) is 13.3 Å². The van der Waals surface area contributed by atoms with Crippen LogP contribution in [0.25, 0.3) is 23.1 Å². The molecule has 128 valence electrons. The van der Waals surface area contributed by atoms with E-state index in [1.807, 2.05) is 65.4 Å². The molecule has 0 saturated heterocycles. The Bertz CT molecular complexity index is 1050. The van der Waals surface area contributed by atoms with Gasteiger partial charge in [-0.1, -0.05) is 36.4 Å². The number of nitrogens with zero attached hydrogens (tertiary/aromatic N) is 3. The van der Waals surface area contributed by atoms with E-state index in [0.29, 0.717) is 6.54 Å². The van der Waals surface area contributed by atoms with Crippen molar-refractivity contribution in [3.8, 4) is 5.75 Å². The van der Waals surface area contributed by atoms with Crippen LogP contribution in [0.1, 0.15) is 17.0 Å². The molecular weight excluding hydrogens is 322 g/mol. The van der Waals surface area contributed by atoms with Crippen LogP contribution in [0.5, 0.6) is 5.75 Å². The van der Waals surface area contributed by atoms with Gasteiger partial charge >= 0.3 is 0 Å². The van der Waals surface area contributed by atoms with Gasteiger partial charge in [0.2, 0.25) is 0 Å². The Morgan fingerprint density at radius 3 is 2.69 bits per heavy atom. The highest BCUT2D eigenvalue weighted by Crippen LogP contribution is 2.22.